The van der Waals surface area contributed by atoms with Crippen LogP contribution in [0.3, 0.4) is 0 Å². The number of rotatable bonds is 1. The number of anilines is 4. The van der Waals surface area contributed by atoms with Crippen LogP contribution >= 0.6 is 0 Å². The van der Waals surface area contributed by atoms with Gasteiger partial charge in [0.2, 0.25) is 0 Å². The standard InChI is InChI=1S/C13H12N2O.C11H8N2O/c1-2-15-11-7-6-10(14)8-4-3-5-9(12(8)11)13(15)16;12-8-4-5-9-10-6(8)2-1-3-7(10)11(14)13-9/h3-7H,2,14H2,1H3;1-5H,12H2,(H,13,14). The second-order valence-corrected chi connectivity index (χ2v) is 7.34. The first-order chi connectivity index (χ1) is 14.5. The lowest BCUT2D eigenvalue weighted by Crippen LogP contribution is -2.25. The predicted molar refractivity (Wildman–Crippen MR) is 122 cm³/mol. The summed E-state index contributed by atoms with van der Waals surface area (Å²) < 4.78 is 0. The first-order valence-electron chi connectivity index (χ1n) is 9.77. The van der Waals surface area contributed by atoms with Crippen LogP contribution in [0.15, 0.2) is 60.7 Å². The molecule has 4 aromatic carbocycles. The summed E-state index contributed by atoms with van der Waals surface area (Å²) in [5, 5.41) is 6.66. The first kappa shape index (κ1) is 18.0. The van der Waals surface area contributed by atoms with Gasteiger partial charge in [0.05, 0.1) is 5.69 Å². The van der Waals surface area contributed by atoms with E-state index in [1.807, 2.05) is 67.6 Å². The molecule has 5 N–H and O–H groups in total. The highest BCUT2D eigenvalue weighted by Gasteiger charge is 2.28. The smallest absolute Gasteiger partial charge is 0.258 e. The number of carbonyl (C=O) groups excluding carboxylic acids is 2. The van der Waals surface area contributed by atoms with Crippen LogP contribution in [0.2, 0.25) is 0 Å². The molecule has 0 fully saturated rings. The Balaban J connectivity index is 0.000000130. The fraction of sp³-hybridized carbons (Fsp3) is 0.0833. The number of benzene rings is 4. The Bertz CT molecular complexity index is 1380. The third-order valence-electron chi connectivity index (χ3n) is 5.70. The number of nitrogens with two attached hydrogens (primary N) is 2. The largest absolute Gasteiger partial charge is 0.398 e. The predicted octanol–water partition coefficient (Wildman–Crippen LogP) is 4.39. The average molecular weight is 396 g/mol. The maximum absolute atomic E-state index is 12.1. The molecule has 0 aliphatic carbocycles. The lowest BCUT2D eigenvalue weighted by Gasteiger charge is -2.14. The van der Waals surface area contributed by atoms with Crippen molar-refractivity contribution in [3.63, 3.8) is 0 Å². The molecule has 6 heteroatoms. The van der Waals surface area contributed by atoms with Crippen molar-refractivity contribution in [3.05, 3.63) is 71.8 Å². The van der Waals surface area contributed by atoms with E-state index in [4.69, 9.17) is 11.5 Å². The van der Waals surface area contributed by atoms with Crippen molar-refractivity contribution in [1.82, 2.24) is 0 Å². The molecule has 30 heavy (non-hydrogen) atoms. The van der Waals surface area contributed by atoms with E-state index in [1.54, 1.807) is 4.90 Å². The third-order valence-corrected chi connectivity index (χ3v) is 5.70. The number of amides is 2. The van der Waals surface area contributed by atoms with E-state index < -0.39 is 0 Å². The van der Waals surface area contributed by atoms with Crippen molar-refractivity contribution < 1.29 is 9.59 Å². The lowest BCUT2D eigenvalue weighted by molar-refractivity contribution is 0.0992. The maximum Gasteiger partial charge on any atom is 0.258 e. The Morgan fingerprint density at radius 1 is 0.800 bits per heavy atom. The molecule has 6 nitrogen and oxygen atoms in total. The van der Waals surface area contributed by atoms with Gasteiger partial charge >= 0.3 is 0 Å². The first-order valence-corrected chi connectivity index (χ1v) is 9.77. The van der Waals surface area contributed by atoms with Gasteiger partial charge in [0.1, 0.15) is 0 Å². The molecule has 2 aliphatic rings. The van der Waals surface area contributed by atoms with Gasteiger partial charge in [-0.3, -0.25) is 9.59 Å². The number of carbonyl (C=O) groups is 2. The molecule has 0 radical (unpaired) electrons. The van der Waals surface area contributed by atoms with E-state index in [0.29, 0.717) is 17.8 Å². The summed E-state index contributed by atoms with van der Waals surface area (Å²) in [6.07, 6.45) is 0. The Labute approximate surface area is 173 Å². The zero-order valence-electron chi connectivity index (χ0n) is 16.4. The van der Waals surface area contributed by atoms with Gasteiger partial charge in [0.15, 0.2) is 0 Å². The van der Waals surface area contributed by atoms with Crippen LogP contribution in [0, 0.1) is 0 Å². The van der Waals surface area contributed by atoms with Crippen LogP contribution in [0.25, 0.3) is 21.5 Å². The van der Waals surface area contributed by atoms with E-state index >= 15 is 0 Å². The molecule has 2 amide bonds. The highest BCUT2D eigenvalue weighted by Crippen LogP contribution is 2.39. The summed E-state index contributed by atoms with van der Waals surface area (Å²) in [7, 11) is 0. The van der Waals surface area contributed by atoms with Crippen LogP contribution < -0.4 is 21.7 Å². The van der Waals surface area contributed by atoms with Gasteiger partial charge in [-0.05, 0) is 43.3 Å². The van der Waals surface area contributed by atoms with Crippen molar-refractivity contribution in [1.29, 1.82) is 0 Å². The third kappa shape index (κ3) is 2.43. The minimum absolute atomic E-state index is 0.0452. The topological polar surface area (TPSA) is 101 Å². The van der Waals surface area contributed by atoms with E-state index in [9.17, 15) is 9.59 Å². The lowest BCUT2D eigenvalue weighted by atomic mass is 10.0. The van der Waals surface area contributed by atoms with Gasteiger partial charge in [-0.25, -0.2) is 0 Å². The number of nitrogen functional groups attached to an aromatic ring is 2. The van der Waals surface area contributed by atoms with Gasteiger partial charge in [-0.1, -0.05) is 24.3 Å². The Morgan fingerprint density at radius 3 is 2.13 bits per heavy atom. The maximum atomic E-state index is 12.1. The molecule has 0 aromatic heterocycles. The summed E-state index contributed by atoms with van der Waals surface area (Å²) >= 11 is 0. The number of nitrogens with one attached hydrogen (secondary N) is 1. The van der Waals surface area contributed by atoms with Crippen LogP contribution in [0.5, 0.6) is 0 Å². The highest BCUT2D eigenvalue weighted by molar-refractivity contribution is 6.27. The van der Waals surface area contributed by atoms with Gasteiger partial charge in [0, 0.05) is 56.3 Å². The van der Waals surface area contributed by atoms with Crippen LogP contribution in [0.4, 0.5) is 22.7 Å². The zero-order valence-corrected chi connectivity index (χ0v) is 16.4. The second-order valence-electron chi connectivity index (χ2n) is 7.34. The highest BCUT2D eigenvalue weighted by atomic mass is 16.2. The van der Waals surface area contributed by atoms with Crippen molar-refractivity contribution in [2.75, 3.05) is 28.2 Å². The SMILES string of the molecule is CCN1C(=O)c2cccc3c(N)ccc1c23.Nc1ccc2c3c(cccc13)C(=O)N2. The fourth-order valence-corrected chi connectivity index (χ4v) is 4.29. The zero-order chi connectivity index (χ0) is 21.0. The molecule has 6 rings (SSSR count). The van der Waals surface area contributed by atoms with E-state index in [0.717, 1.165) is 44.2 Å². The molecule has 0 spiro atoms. The van der Waals surface area contributed by atoms with Crippen molar-refractivity contribution >= 4 is 56.1 Å². The van der Waals surface area contributed by atoms with Crippen molar-refractivity contribution in [3.8, 4) is 0 Å². The van der Waals surface area contributed by atoms with E-state index in [-0.39, 0.29) is 11.8 Å². The van der Waals surface area contributed by atoms with E-state index in [2.05, 4.69) is 5.32 Å². The van der Waals surface area contributed by atoms with Crippen LogP contribution in [-0.4, -0.2) is 18.4 Å². The normalized spacial score (nSPS) is 13.6. The second kappa shape index (κ2) is 6.49. The minimum atomic E-state index is -0.0452. The van der Waals surface area contributed by atoms with Crippen molar-refractivity contribution in [2.45, 2.75) is 6.92 Å². The number of hydrogen-bond donors (Lipinski definition) is 3. The van der Waals surface area contributed by atoms with Crippen molar-refractivity contribution in [2.24, 2.45) is 0 Å². The Hall–Kier alpha value is -4.06. The molecule has 148 valence electrons. The van der Waals surface area contributed by atoms with Gasteiger partial charge in [-0.15, -0.1) is 0 Å². The van der Waals surface area contributed by atoms with Gasteiger partial charge < -0.3 is 21.7 Å². The molecular weight excluding hydrogens is 376 g/mol. The van der Waals surface area contributed by atoms with E-state index in [1.165, 1.54) is 0 Å². The number of nitrogens with zero attached hydrogens (tertiary/aromatic N) is 1. The molecule has 2 heterocycles. The molecule has 4 aromatic rings. The molecular formula is C24H20N4O2. The molecule has 0 unspecified atom stereocenters. The average Bonchev–Trinajstić information content (AvgIpc) is 3.24. The van der Waals surface area contributed by atoms with Gasteiger partial charge in [-0.2, -0.15) is 0 Å². The van der Waals surface area contributed by atoms with Gasteiger partial charge in [0.25, 0.3) is 11.8 Å². The summed E-state index contributed by atoms with van der Waals surface area (Å²) in [5.41, 5.74) is 16.5. The summed E-state index contributed by atoms with van der Waals surface area (Å²) in [6.45, 7) is 2.67. The minimum Gasteiger partial charge on any atom is -0.398 e. The molecule has 0 bridgehead atoms. The number of hydrogen-bond acceptors (Lipinski definition) is 4. The van der Waals surface area contributed by atoms with Crippen LogP contribution in [0.1, 0.15) is 27.6 Å². The molecule has 2 aliphatic heterocycles. The summed E-state index contributed by atoms with van der Waals surface area (Å²) in [4.78, 5) is 25.4. The quantitative estimate of drug-likeness (QED) is 0.415. The monoisotopic (exact) mass is 396 g/mol. The Morgan fingerprint density at radius 2 is 1.43 bits per heavy atom. The molecule has 0 saturated carbocycles. The summed E-state index contributed by atoms with van der Waals surface area (Å²) in [5.74, 6) is 0.0323. The molecule has 0 saturated heterocycles. The van der Waals surface area contributed by atoms with Crippen LogP contribution in [-0.2, 0) is 0 Å². The molecule has 0 atom stereocenters. The summed E-state index contributed by atoms with van der Waals surface area (Å²) in [6, 6.07) is 18.7. The fourth-order valence-electron chi connectivity index (χ4n) is 4.29. The Kier molecular flexibility index (Phi) is 3.89.